The molecule has 31 heavy (non-hydrogen) atoms. The lowest BCUT2D eigenvalue weighted by atomic mass is 9.71. The predicted octanol–water partition coefficient (Wildman–Crippen LogP) is 1.75. The number of carbonyl (C=O) groups is 3. The van der Waals surface area contributed by atoms with Crippen LogP contribution in [-0.4, -0.2) is 57.1 Å². The van der Waals surface area contributed by atoms with Crippen molar-refractivity contribution in [1.29, 1.82) is 0 Å². The first-order valence-electron chi connectivity index (χ1n) is 10.2. The van der Waals surface area contributed by atoms with Crippen molar-refractivity contribution in [3.8, 4) is 0 Å². The van der Waals surface area contributed by atoms with E-state index in [1.807, 2.05) is 24.3 Å². The Labute approximate surface area is 180 Å². The van der Waals surface area contributed by atoms with Crippen molar-refractivity contribution < 1.29 is 33.3 Å². The highest BCUT2D eigenvalue weighted by Gasteiger charge is 2.53. The van der Waals surface area contributed by atoms with Crippen molar-refractivity contribution >= 4 is 23.7 Å². The van der Waals surface area contributed by atoms with E-state index in [0.717, 1.165) is 18.4 Å². The number of nitrogens with two attached hydrogens (primary N) is 1. The van der Waals surface area contributed by atoms with Crippen molar-refractivity contribution in [3.05, 3.63) is 42.0 Å². The van der Waals surface area contributed by atoms with E-state index >= 15 is 0 Å². The Balaban J connectivity index is 1.55. The Morgan fingerprint density at radius 3 is 2.58 bits per heavy atom. The number of hydrogen-bond donors (Lipinski definition) is 2. The van der Waals surface area contributed by atoms with Crippen LogP contribution in [0.3, 0.4) is 0 Å². The zero-order chi connectivity index (χ0) is 22.4. The van der Waals surface area contributed by atoms with Gasteiger partial charge in [-0.2, -0.15) is 0 Å². The number of alkyl carbamates (subject to hydrolysis) is 1. The minimum absolute atomic E-state index is 0.114. The number of nitrogen functional groups attached to an aromatic ring is 1. The molecule has 1 amide bonds. The maximum atomic E-state index is 12.4. The van der Waals surface area contributed by atoms with Gasteiger partial charge in [-0.15, -0.1) is 0 Å². The van der Waals surface area contributed by atoms with Crippen LogP contribution in [0.25, 0.3) is 0 Å². The van der Waals surface area contributed by atoms with Crippen LogP contribution >= 0.6 is 0 Å². The number of amides is 1. The fraction of sp³-hybridized carbons (Fsp3) is 0.500. The number of anilines is 1. The maximum Gasteiger partial charge on any atom is 0.407 e. The second kappa shape index (κ2) is 9.82. The molecule has 4 unspecified atom stereocenters. The van der Waals surface area contributed by atoms with Gasteiger partial charge < -0.3 is 30.0 Å². The summed E-state index contributed by atoms with van der Waals surface area (Å²) in [6, 6.07) is 7.58. The molecule has 1 aromatic carbocycles. The van der Waals surface area contributed by atoms with Gasteiger partial charge in [0.05, 0.1) is 19.6 Å². The van der Waals surface area contributed by atoms with E-state index in [2.05, 4.69) is 5.32 Å². The van der Waals surface area contributed by atoms with Crippen molar-refractivity contribution in [1.82, 2.24) is 5.32 Å². The molecule has 1 saturated heterocycles. The van der Waals surface area contributed by atoms with E-state index in [1.54, 1.807) is 12.2 Å². The highest BCUT2D eigenvalue weighted by Crippen LogP contribution is 2.44. The monoisotopic (exact) mass is 432 g/mol. The fourth-order valence-electron chi connectivity index (χ4n) is 3.97. The summed E-state index contributed by atoms with van der Waals surface area (Å²) in [5, 5.41) is 2.72. The zero-order valence-electron chi connectivity index (χ0n) is 17.7. The number of esters is 2. The first kappa shape index (κ1) is 22.6. The van der Waals surface area contributed by atoms with Gasteiger partial charge in [-0.1, -0.05) is 18.2 Å². The largest absolute Gasteiger partial charge is 0.468 e. The lowest BCUT2D eigenvalue weighted by Crippen LogP contribution is -2.54. The second-order valence-electron chi connectivity index (χ2n) is 7.74. The highest BCUT2D eigenvalue weighted by atomic mass is 16.6. The van der Waals surface area contributed by atoms with E-state index in [1.165, 1.54) is 14.2 Å². The van der Waals surface area contributed by atoms with Crippen molar-refractivity contribution in [3.63, 3.8) is 0 Å². The minimum atomic E-state index is -1.01. The quantitative estimate of drug-likeness (QED) is 0.219. The summed E-state index contributed by atoms with van der Waals surface area (Å²) >= 11 is 0. The van der Waals surface area contributed by atoms with Crippen LogP contribution in [0.4, 0.5) is 10.5 Å². The van der Waals surface area contributed by atoms with Crippen LogP contribution in [0, 0.1) is 5.41 Å². The summed E-state index contributed by atoms with van der Waals surface area (Å²) in [4.78, 5) is 36.7. The molecule has 2 bridgehead atoms. The molecule has 9 heteroatoms. The van der Waals surface area contributed by atoms with Crippen molar-refractivity contribution in [2.24, 2.45) is 5.41 Å². The molecule has 0 saturated carbocycles. The fourth-order valence-corrected chi connectivity index (χ4v) is 3.97. The zero-order valence-corrected chi connectivity index (χ0v) is 17.7. The van der Waals surface area contributed by atoms with Crippen LogP contribution in [-0.2, 0) is 35.0 Å². The molecule has 168 valence electrons. The molecule has 1 fully saturated rings. The Morgan fingerprint density at radius 2 is 1.90 bits per heavy atom. The molecule has 1 aliphatic carbocycles. The van der Waals surface area contributed by atoms with Crippen molar-refractivity contribution in [2.75, 3.05) is 26.5 Å². The third-order valence-electron chi connectivity index (χ3n) is 5.62. The minimum Gasteiger partial charge on any atom is -0.468 e. The molecule has 4 atom stereocenters. The van der Waals surface area contributed by atoms with Gasteiger partial charge in [0, 0.05) is 18.7 Å². The molecule has 1 heterocycles. The number of methoxy groups -OCH3 is 2. The standard InChI is InChI=1S/C22H28N2O7/c1-28-19(25)18-13-22(20(26)29-2)10-9-16(17(12-22)30-18)31-21(27)24-11-3-4-14-5-7-15(23)8-6-14/h5-10,16-18H,3-4,11-13,23H2,1-2H3,(H,24,27). The average molecular weight is 432 g/mol. The van der Waals surface area contributed by atoms with Gasteiger partial charge in [0.25, 0.3) is 0 Å². The highest BCUT2D eigenvalue weighted by molar-refractivity contribution is 5.82. The van der Waals surface area contributed by atoms with E-state index in [9.17, 15) is 14.4 Å². The molecule has 9 nitrogen and oxygen atoms in total. The summed E-state index contributed by atoms with van der Waals surface area (Å²) in [5.74, 6) is -1.05. The summed E-state index contributed by atoms with van der Waals surface area (Å²) in [6.07, 6.45) is 2.21. The normalized spacial score (nSPS) is 26.6. The number of rotatable bonds is 7. The van der Waals surface area contributed by atoms with Crippen LogP contribution in [0.5, 0.6) is 0 Å². The van der Waals surface area contributed by atoms with E-state index in [0.29, 0.717) is 12.2 Å². The molecule has 0 spiro atoms. The summed E-state index contributed by atoms with van der Waals surface area (Å²) in [6.45, 7) is 0.433. The number of fused-ring (bicyclic) bond motifs is 2. The maximum absolute atomic E-state index is 12.4. The first-order valence-corrected chi connectivity index (χ1v) is 10.2. The Morgan fingerprint density at radius 1 is 1.16 bits per heavy atom. The van der Waals surface area contributed by atoms with Crippen LogP contribution < -0.4 is 11.1 Å². The average Bonchev–Trinajstić information content (AvgIpc) is 2.78. The molecule has 1 aromatic rings. The van der Waals surface area contributed by atoms with Crippen molar-refractivity contribution in [2.45, 2.75) is 44.0 Å². The smallest absolute Gasteiger partial charge is 0.407 e. The van der Waals surface area contributed by atoms with Gasteiger partial charge in [-0.05, 0) is 43.0 Å². The summed E-state index contributed by atoms with van der Waals surface area (Å²) in [7, 11) is 2.55. The molecule has 0 radical (unpaired) electrons. The number of hydrogen-bond acceptors (Lipinski definition) is 8. The molecule has 1 aliphatic heterocycles. The molecule has 3 N–H and O–H groups in total. The number of carbonyl (C=O) groups excluding carboxylic acids is 3. The molecule has 0 aromatic heterocycles. The van der Waals surface area contributed by atoms with E-state index in [4.69, 9.17) is 24.7 Å². The lowest BCUT2D eigenvalue weighted by Gasteiger charge is -2.44. The third-order valence-corrected chi connectivity index (χ3v) is 5.62. The van der Waals surface area contributed by atoms with Gasteiger partial charge in [0.15, 0.2) is 6.10 Å². The van der Waals surface area contributed by atoms with Gasteiger partial charge in [-0.25, -0.2) is 9.59 Å². The summed E-state index contributed by atoms with van der Waals surface area (Å²) in [5.41, 5.74) is 6.50. The Kier molecular flexibility index (Phi) is 7.17. The number of ether oxygens (including phenoxy) is 4. The molecular formula is C22H28N2O7. The Bertz CT molecular complexity index is 839. The number of aryl methyl sites for hydroxylation is 1. The SMILES string of the molecule is COC(=O)C1CC2(C(=O)OC)C=CC(OC(=O)NCCCc3ccc(N)cc3)C(C2)O1. The van der Waals surface area contributed by atoms with Gasteiger partial charge in [-0.3, -0.25) is 4.79 Å². The van der Waals surface area contributed by atoms with Crippen LogP contribution in [0.2, 0.25) is 0 Å². The van der Waals surface area contributed by atoms with Gasteiger partial charge in [0.2, 0.25) is 0 Å². The molecular weight excluding hydrogens is 404 g/mol. The van der Waals surface area contributed by atoms with Crippen LogP contribution in [0.1, 0.15) is 24.8 Å². The van der Waals surface area contributed by atoms with Gasteiger partial charge >= 0.3 is 18.0 Å². The second-order valence-corrected chi connectivity index (χ2v) is 7.74. The predicted molar refractivity (Wildman–Crippen MR) is 111 cm³/mol. The topological polar surface area (TPSA) is 126 Å². The van der Waals surface area contributed by atoms with Gasteiger partial charge in [0.1, 0.15) is 12.2 Å². The van der Waals surface area contributed by atoms with E-state index < -0.39 is 41.8 Å². The third kappa shape index (κ3) is 5.35. The Hall–Kier alpha value is -3.07. The first-order chi connectivity index (χ1) is 14.9. The number of nitrogens with one attached hydrogen (secondary N) is 1. The lowest BCUT2D eigenvalue weighted by molar-refractivity contribution is -0.187. The van der Waals surface area contributed by atoms with Crippen LogP contribution in [0.15, 0.2) is 36.4 Å². The number of benzene rings is 1. The molecule has 2 aliphatic rings. The summed E-state index contributed by atoms with van der Waals surface area (Å²) < 4.78 is 21.0. The molecule has 3 rings (SSSR count). The van der Waals surface area contributed by atoms with E-state index in [-0.39, 0.29) is 12.8 Å².